The van der Waals surface area contributed by atoms with Gasteiger partial charge in [0.15, 0.2) is 0 Å². The van der Waals surface area contributed by atoms with Crippen molar-refractivity contribution in [1.29, 1.82) is 0 Å². The molecule has 0 amide bonds. The number of carboxylic acids is 1. The van der Waals surface area contributed by atoms with Crippen LogP contribution in [0.1, 0.15) is 50.5 Å². The minimum atomic E-state index is -3.37. The van der Waals surface area contributed by atoms with Crippen LogP contribution in [0.2, 0.25) is 0 Å². The fourth-order valence-corrected chi connectivity index (χ4v) is 6.21. The summed E-state index contributed by atoms with van der Waals surface area (Å²) in [7, 11) is -3.37. The van der Waals surface area contributed by atoms with Crippen molar-refractivity contribution in [2.75, 3.05) is 0 Å². The van der Waals surface area contributed by atoms with Gasteiger partial charge in [-0.25, -0.2) is 13.1 Å². The number of allylic oxidation sites excluding steroid dienone is 2. The second kappa shape index (κ2) is 10.9. The summed E-state index contributed by atoms with van der Waals surface area (Å²) in [5.74, 6) is 0.383. The summed E-state index contributed by atoms with van der Waals surface area (Å²) < 4.78 is 28.3. The third-order valence-electron chi connectivity index (χ3n) is 5.93. The van der Waals surface area contributed by atoms with Gasteiger partial charge in [0, 0.05) is 12.0 Å². The molecule has 7 heteroatoms. The molecule has 1 N–H and O–H groups in total. The van der Waals surface area contributed by atoms with Gasteiger partial charge in [-0.3, -0.25) is 0 Å². The molecule has 2 aliphatic carbocycles. The summed E-state index contributed by atoms with van der Waals surface area (Å²) in [6.07, 6.45) is 9.76. The van der Waals surface area contributed by atoms with E-state index in [-0.39, 0.29) is 47.8 Å². The molecule has 0 aromatic heterocycles. The van der Waals surface area contributed by atoms with Crippen molar-refractivity contribution in [2.24, 2.45) is 17.8 Å². The Bertz CT molecular complexity index is 766. The molecular formula is C21H28NNaO4S. The van der Waals surface area contributed by atoms with Crippen molar-refractivity contribution in [3.05, 3.63) is 48.0 Å². The van der Waals surface area contributed by atoms with Gasteiger partial charge in [-0.1, -0.05) is 42.5 Å². The monoisotopic (exact) mass is 413 g/mol. The van der Waals surface area contributed by atoms with Crippen LogP contribution in [0.5, 0.6) is 0 Å². The van der Waals surface area contributed by atoms with E-state index in [0.29, 0.717) is 24.2 Å². The molecule has 28 heavy (non-hydrogen) atoms. The smallest absolute Gasteiger partial charge is 0.550 e. The van der Waals surface area contributed by atoms with Crippen LogP contribution < -0.4 is 39.4 Å². The molecule has 0 spiro atoms. The van der Waals surface area contributed by atoms with Gasteiger partial charge < -0.3 is 9.90 Å². The average Bonchev–Trinajstić information content (AvgIpc) is 3.20. The number of benzene rings is 1. The summed E-state index contributed by atoms with van der Waals surface area (Å²) >= 11 is 0. The second-order valence-corrected chi connectivity index (χ2v) is 9.61. The molecule has 148 valence electrons. The first kappa shape index (κ1) is 23.6. The van der Waals surface area contributed by atoms with Crippen molar-refractivity contribution >= 4 is 16.0 Å². The van der Waals surface area contributed by atoms with Crippen LogP contribution in [0, 0.1) is 17.8 Å². The zero-order chi connectivity index (χ0) is 19.3. The maximum atomic E-state index is 12.7. The van der Waals surface area contributed by atoms with Crippen LogP contribution in [0.3, 0.4) is 0 Å². The van der Waals surface area contributed by atoms with E-state index in [4.69, 9.17) is 0 Å². The Balaban J connectivity index is 0.00000280. The first-order chi connectivity index (χ1) is 12.9. The summed E-state index contributed by atoms with van der Waals surface area (Å²) in [5, 5.41) is 10.4. The minimum absolute atomic E-state index is 0. The minimum Gasteiger partial charge on any atom is -0.550 e. The predicted octanol–water partition coefficient (Wildman–Crippen LogP) is -0.609. The number of hydrogen-bond acceptors (Lipinski definition) is 4. The van der Waals surface area contributed by atoms with Gasteiger partial charge in [-0.05, 0) is 68.3 Å². The molecule has 0 saturated heterocycles. The average molecular weight is 414 g/mol. The van der Waals surface area contributed by atoms with E-state index < -0.39 is 16.0 Å². The molecular weight excluding hydrogens is 385 g/mol. The molecule has 1 aromatic rings. The van der Waals surface area contributed by atoms with E-state index in [0.717, 1.165) is 31.2 Å². The second-order valence-electron chi connectivity index (χ2n) is 7.86. The zero-order valence-corrected chi connectivity index (χ0v) is 19.4. The molecule has 0 heterocycles. The molecule has 2 fully saturated rings. The Kier molecular flexibility index (Phi) is 9.22. The van der Waals surface area contributed by atoms with Gasteiger partial charge in [-0.2, -0.15) is 0 Å². The molecule has 0 radical (unpaired) electrons. The molecule has 2 bridgehead atoms. The molecule has 4 atom stereocenters. The number of carboxylic acid groups (broad SMARTS) is 1. The van der Waals surface area contributed by atoms with Crippen LogP contribution in [0.25, 0.3) is 0 Å². The summed E-state index contributed by atoms with van der Waals surface area (Å²) in [6.45, 7) is 0. The fourth-order valence-electron chi connectivity index (χ4n) is 4.71. The quantitative estimate of drug-likeness (QED) is 0.315. The third kappa shape index (κ3) is 6.70. The standard InChI is InChI=1S/C21H29NO4S.Na/c23-20(24)11-7-2-1-6-10-19-17-12-13-18(14-17)21(19)22-27(25,26)15-16-8-4-3-5-9-16;/h1,3-6,8-9,17-19,21-22H,2,7,10-15H2,(H,23,24);/q;+1/p-1/b6-1-;/t17-,18?,19+,21+;/m1./s1. The van der Waals surface area contributed by atoms with Crippen molar-refractivity contribution < 1.29 is 47.9 Å². The number of aliphatic carboxylic acids is 1. The fraction of sp³-hybridized carbons (Fsp3) is 0.571. The van der Waals surface area contributed by atoms with E-state index in [2.05, 4.69) is 10.8 Å². The van der Waals surface area contributed by atoms with Crippen molar-refractivity contribution in [3.8, 4) is 0 Å². The van der Waals surface area contributed by atoms with Crippen LogP contribution in [-0.2, 0) is 20.6 Å². The van der Waals surface area contributed by atoms with Crippen molar-refractivity contribution in [3.63, 3.8) is 0 Å². The van der Waals surface area contributed by atoms with Crippen LogP contribution >= 0.6 is 0 Å². The third-order valence-corrected chi connectivity index (χ3v) is 7.27. The number of carbonyl (C=O) groups is 1. The van der Waals surface area contributed by atoms with E-state index in [1.165, 1.54) is 6.42 Å². The van der Waals surface area contributed by atoms with Gasteiger partial charge in [-0.15, -0.1) is 0 Å². The Morgan fingerprint density at radius 1 is 1.14 bits per heavy atom. The first-order valence-corrected chi connectivity index (χ1v) is 11.5. The number of nitrogens with one attached hydrogen (secondary N) is 1. The summed E-state index contributed by atoms with van der Waals surface area (Å²) in [5.41, 5.74) is 0.803. The predicted molar refractivity (Wildman–Crippen MR) is 103 cm³/mol. The van der Waals surface area contributed by atoms with Gasteiger partial charge >= 0.3 is 29.6 Å². The maximum absolute atomic E-state index is 12.7. The summed E-state index contributed by atoms with van der Waals surface area (Å²) in [6, 6.07) is 9.30. The molecule has 2 aliphatic rings. The SMILES string of the molecule is O=C([O-])CCC/C=C\C[C@H]1[C@@H]2CCC(C2)[C@@H]1NS(=O)(=O)Cc1ccccc1.[Na+]. The Morgan fingerprint density at radius 3 is 2.57 bits per heavy atom. The zero-order valence-electron chi connectivity index (χ0n) is 16.5. The van der Waals surface area contributed by atoms with E-state index in [9.17, 15) is 18.3 Å². The molecule has 1 aromatic carbocycles. The molecule has 1 unspecified atom stereocenters. The number of rotatable bonds is 10. The van der Waals surface area contributed by atoms with Crippen LogP contribution in [0.4, 0.5) is 0 Å². The van der Waals surface area contributed by atoms with Crippen molar-refractivity contribution in [2.45, 2.75) is 56.7 Å². The molecule has 0 aliphatic heterocycles. The van der Waals surface area contributed by atoms with Crippen LogP contribution in [0.15, 0.2) is 42.5 Å². The Morgan fingerprint density at radius 2 is 1.86 bits per heavy atom. The van der Waals surface area contributed by atoms with E-state index >= 15 is 0 Å². The number of unbranched alkanes of at least 4 members (excludes halogenated alkanes) is 1. The molecule has 5 nitrogen and oxygen atoms in total. The number of hydrogen-bond donors (Lipinski definition) is 1. The number of fused-ring (bicyclic) bond motifs is 2. The number of sulfonamides is 1. The largest absolute Gasteiger partial charge is 1.00 e. The normalized spacial score (nSPS) is 26.4. The van der Waals surface area contributed by atoms with Gasteiger partial charge in [0.25, 0.3) is 0 Å². The molecule has 3 rings (SSSR count). The summed E-state index contributed by atoms with van der Waals surface area (Å²) in [4.78, 5) is 10.4. The van der Waals surface area contributed by atoms with Crippen LogP contribution in [-0.4, -0.2) is 20.4 Å². The first-order valence-electron chi connectivity index (χ1n) is 9.83. The van der Waals surface area contributed by atoms with Gasteiger partial charge in [0.05, 0.1) is 5.75 Å². The van der Waals surface area contributed by atoms with Gasteiger partial charge in [0.1, 0.15) is 0 Å². The Hall–Kier alpha value is -0.660. The van der Waals surface area contributed by atoms with E-state index in [1.807, 2.05) is 36.4 Å². The molecule has 2 saturated carbocycles. The Labute approximate surface area is 190 Å². The van der Waals surface area contributed by atoms with Gasteiger partial charge in [0.2, 0.25) is 10.0 Å². The number of carbonyl (C=O) groups excluding carboxylic acids is 1. The van der Waals surface area contributed by atoms with E-state index in [1.54, 1.807) is 0 Å². The van der Waals surface area contributed by atoms with Crippen molar-refractivity contribution in [1.82, 2.24) is 4.72 Å². The topological polar surface area (TPSA) is 86.3 Å². The maximum Gasteiger partial charge on any atom is 1.00 e.